The number of nitrogens with one attached hydrogen (secondary N) is 3. The minimum absolute atomic E-state index is 0.171. The summed E-state index contributed by atoms with van der Waals surface area (Å²) >= 11 is 0. The van der Waals surface area contributed by atoms with E-state index >= 15 is 0 Å². The third kappa shape index (κ3) is 10.9. The third-order valence-corrected chi connectivity index (χ3v) is 7.27. The van der Waals surface area contributed by atoms with Crippen molar-refractivity contribution in [2.75, 3.05) is 13.6 Å². The van der Waals surface area contributed by atoms with Gasteiger partial charge in [0, 0.05) is 13.0 Å². The van der Waals surface area contributed by atoms with Crippen LogP contribution in [0.15, 0.2) is 54.6 Å². The number of alkyl halides is 3. The van der Waals surface area contributed by atoms with Crippen LogP contribution in [0.2, 0.25) is 0 Å². The zero-order chi connectivity index (χ0) is 33.9. The Bertz CT molecular complexity index is 1340. The van der Waals surface area contributed by atoms with Crippen molar-refractivity contribution in [1.29, 1.82) is 0 Å². The molecular formula is C31H40F3N5O6. The number of hydrogen-bond acceptors (Lipinski definition) is 6. The van der Waals surface area contributed by atoms with E-state index in [0.29, 0.717) is 19.4 Å². The second-order valence-corrected chi connectivity index (χ2v) is 11.0. The van der Waals surface area contributed by atoms with E-state index in [4.69, 9.17) is 15.6 Å². The van der Waals surface area contributed by atoms with Gasteiger partial charge in [-0.05, 0) is 49.4 Å². The number of likely N-dealkylation sites (N-methyl/N-ethyl adjacent to an activating group) is 1. The quantitative estimate of drug-likeness (QED) is 0.252. The van der Waals surface area contributed by atoms with Gasteiger partial charge in [-0.15, -0.1) is 0 Å². The monoisotopic (exact) mass is 635 g/mol. The summed E-state index contributed by atoms with van der Waals surface area (Å²) in [6.45, 7) is 5.82. The van der Waals surface area contributed by atoms with Gasteiger partial charge >= 0.3 is 12.1 Å². The molecule has 0 spiro atoms. The smallest absolute Gasteiger partial charge is 0.475 e. The molecule has 0 bridgehead atoms. The van der Waals surface area contributed by atoms with Crippen LogP contribution in [0.1, 0.15) is 39.2 Å². The standard InChI is InChI=1S/C29H39N5O4.C2HF3O2/c1-18(2)25(33-27(36)19(3)31-4)29(38)34-15-9-14-24(34)28(37)32-23(26(30)35)17-20-10-8-13-22(16-20)21-11-6-5-7-12-21;3-2(4,5)1(6)7/h5-8,10-13,16,18-19,23-25,31H,9,14-15,17H2,1-4H3,(H2,30,35)(H,32,37)(H,33,36);(H,6,7)/t19-,23-,24-,25-;/m0./s1. The highest BCUT2D eigenvalue weighted by Gasteiger charge is 2.40. The number of carboxylic acid groups (broad SMARTS) is 1. The number of benzene rings is 2. The summed E-state index contributed by atoms with van der Waals surface area (Å²) < 4.78 is 31.7. The first-order valence-corrected chi connectivity index (χ1v) is 14.4. The van der Waals surface area contributed by atoms with Gasteiger partial charge in [-0.2, -0.15) is 13.2 Å². The Balaban J connectivity index is 0.000000900. The van der Waals surface area contributed by atoms with Crippen molar-refractivity contribution in [3.63, 3.8) is 0 Å². The van der Waals surface area contributed by atoms with Crippen molar-refractivity contribution in [3.05, 3.63) is 60.2 Å². The molecule has 2 aromatic rings. The summed E-state index contributed by atoms with van der Waals surface area (Å²) in [5.41, 5.74) is 8.58. The number of halogens is 3. The number of carbonyl (C=O) groups is 5. The molecule has 1 saturated heterocycles. The van der Waals surface area contributed by atoms with E-state index in [-0.39, 0.29) is 24.2 Å². The summed E-state index contributed by atoms with van der Waals surface area (Å²) in [5.74, 6) is -4.58. The van der Waals surface area contributed by atoms with Gasteiger partial charge in [0.1, 0.15) is 18.1 Å². The van der Waals surface area contributed by atoms with Crippen molar-refractivity contribution in [3.8, 4) is 11.1 Å². The molecule has 4 atom stereocenters. The zero-order valence-corrected chi connectivity index (χ0v) is 25.6. The van der Waals surface area contributed by atoms with Gasteiger partial charge < -0.3 is 31.7 Å². The molecule has 0 aliphatic carbocycles. The van der Waals surface area contributed by atoms with E-state index in [9.17, 15) is 32.3 Å². The molecule has 1 aliphatic rings. The van der Waals surface area contributed by atoms with Crippen molar-refractivity contribution >= 4 is 29.6 Å². The second kappa shape index (κ2) is 16.6. The predicted octanol–water partition coefficient (Wildman–Crippen LogP) is 2.24. The molecular weight excluding hydrogens is 595 g/mol. The molecule has 3 rings (SSSR count). The van der Waals surface area contributed by atoms with E-state index < -0.39 is 48.1 Å². The molecule has 0 saturated carbocycles. The largest absolute Gasteiger partial charge is 0.490 e. The number of carboxylic acids is 1. The van der Waals surface area contributed by atoms with Crippen molar-refractivity contribution < 1.29 is 42.3 Å². The van der Waals surface area contributed by atoms with E-state index in [1.54, 1.807) is 14.0 Å². The number of primary amides is 1. The molecule has 2 aromatic carbocycles. The molecule has 0 unspecified atom stereocenters. The topological polar surface area (TPSA) is 171 Å². The van der Waals surface area contributed by atoms with Gasteiger partial charge in [0.2, 0.25) is 23.6 Å². The predicted molar refractivity (Wildman–Crippen MR) is 160 cm³/mol. The lowest BCUT2D eigenvalue weighted by Gasteiger charge is -2.31. The van der Waals surface area contributed by atoms with Crippen LogP contribution in [-0.4, -0.2) is 83.5 Å². The number of amides is 4. The molecule has 4 amide bonds. The van der Waals surface area contributed by atoms with Crippen LogP contribution in [0.25, 0.3) is 11.1 Å². The van der Waals surface area contributed by atoms with Crippen LogP contribution in [0.5, 0.6) is 0 Å². The Morgan fingerprint density at radius 3 is 2.11 bits per heavy atom. The lowest BCUT2D eigenvalue weighted by molar-refractivity contribution is -0.192. The number of likely N-dealkylation sites (tertiary alicyclic amines) is 1. The molecule has 0 aromatic heterocycles. The van der Waals surface area contributed by atoms with Crippen LogP contribution in [0.3, 0.4) is 0 Å². The van der Waals surface area contributed by atoms with Crippen molar-refractivity contribution in [2.45, 2.75) is 70.4 Å². The van der Waals surface area contributed by atoms with E-state index in [1.165, 1.54) is 4.90 Å². The fourth-order valence-corrected chi connectivity index (χ4v) is 4.64. The molecule has 246 valence electrons. The Kier molecular flexibility index (Phi) is 13.5. The molecule has 1 fully saturated rings. The number of carbonyl (C=O) groups excluding carboxylic acids is 4. The Morgan fingerprint density at radius 1 is 0.978 bits per heavy atom. The lowest BCUT2D eigenvalue weighted by atomic mass is 9.99. The van der Waals surface area contributed by atoms with E-state index in [2.05, 4.69) is 16.0 Å². The molecule has 1 aliphatic heterocycles. The fourth-order valence-electron chi connectivity index (χ4n) is 4.64. The van der Waals surface area contributed by atoms with E-state index in [1.807, 2.05) is 68.4 Å². The van der Waals surface area contributed by atoms with Gasteiger partial charge in [0.05, 0.1) is 6.04 Å². The minimum atomic E-state index is -5.08. The van der Waals surface area contributed by atoms with Crippen LogP contribution in [-0.2, 0) is 30.4 Å². The van der Waals surface area contributed by atoms with Gasteiger partial charge in [-0.25, -0.2) is 4.79 Å². The minimum Gasteiger partial charge on any atom is -0.475 e. The average Bonchev–Trinajstić information content (AvgIpc) is 3.49. The number of nitrogens with zero attached hydrogens (tertiary/aromatic N) is 1. The fraction of sp³-hybridized carbons (Fsp3) is 0.452. The Hall–Kier alpha value is -4.46. The van der Waals surface area contributed by atoms with E-state index in [0.717, 1.165) is 16.7 Å². The first kappa shape index (κ1) is 36.7. The maximum Gasteiger partial charge on any atom is 0.490 e. The summed E-state index contributed by atoms with van der Waals surface area (Å²) in [7, 11) is 1.67. The Morgan fingerprint density at radius 2 is 1.58 bits per heavy atom. The third-order valence-electron chi connectivity index (χ3n) is 7.27. The van der Waals surface area contributed by atoms with Crippen LogP contribution < -0.4 is 21.7 Å². The molecule has 1 heterocycles. The molecule has 6 N–H and O–H groups in total. The molecule has 11 nitrogen and oxygen atoms in total. The van der Waals surface area contributed by atoms with Crippen LogP contribution in [0, 0.1) is 5.92 Å². The first-order valence-electron chi connectivity index (χ1n) is 14.4. The summed E-state index contributed by atoms with van der Waals surface area (Å²) in [4.78, 5) is 61.9. The highest BCUT2D eigenvalue weighted by atomic mass is 19.4. The summed E-state index contributed by atoms with van der Waals surface area (Å²) in [5, 5.41) is 15.6. The van der Waals surface area contributed by atoms with Gasteiger partial charge in [-0.1, -0.05) is 68.4 Å². The van der Waals surface area contributed by atoms with Gasteiger partial charge in [0.25, 0.3) is 0 Å². The maximum atomic E-state index is 13.5. The average molecular weight is 636 g/mol. The number of rotatable bonds is 11. The highest BCUT2D eigenvalue weighted by Crippen LogP contribution is 2.23. The lowest BCUT2D eigenvalue weighted by Crippen LogP contribution is -2.58. The maximum absolute atomic E-state index is 13.5. The number of hydrogen-bond donors (Lipinski definition) is 5. The first-order chi connectivity index (χ1) is 21.1. The number of aliphatic carboxylic acids is 1. The zero-order valence-electron chi connectivity index (χ0n) is 25.6. The second-order valence-electron chi connectivity index (χ2n) is 11.0. The normalized spacial score (nSPS) is 16.5. The van der Waals surface area contributed by atoms with Crippen molar-refractivity contribution in [2.24, 2.45) is 11.7 Å². The molecule has 0 radical (unpaired) electrons. The molecule has 45 heavy (non-hydrogen) atoms. The molecule has 14 heteroatoms. The summed E-state index contributed by atoms with van der Waals surface area (Å²) in [6.07, 6.45) is -3.73. The number of nitrogens with two attached hydrogens (primary N) is 1. The van der Waals surface area contributed by atoms with Crippen LogP contribution >= 0.6 is 0 Å². The summed E-state index contributed by atoms with van der Waals surface area (Å²) in [6, 6.07) is 14.7. The van der Waals surface area contributed by atoms with Crippen LogP contribution in [0.4, 0.5) is 13.2 Å². The van der Waals surface area contributed by atoms with Crippen molar-refractivity contribution in [1.82, 2.24) is 20.9 Å². The Labute approximate surface area is 259 Å². The van der Waals surface area contributed by atoms with Gasteiger partial charge in [-0.3, -0.25) is 19.2 Å². The van der Waals surface area contributed by atoms with Gasteiger partial charge in [0.15, 0.2) is 0 Å². The highest BCUT2D eigenvalue weighted by molar-refractivity contribution is 5.95. The SMILES string of the molecule is CN[C@@H](C)C(=O)N[C@H](C(=O)N1CCC[C@H]1C(=O)N[C@@H](Cc1cccc(-c2ccccc2)c1)C(N)=O)C(C)C.O=C(O)C(F)(F)F.